The average molecular weight is 200 g/mol. The zero-order valence-electron chi connectivity index (χ0n) is 6.24. The van der Waals surface area contributed by atoms with Crippen LogP contribution in [0.15, 0.2) is 36.5 Å². The number of benzene rings is 1. The summed E-state index contributed by atoms with van der Waals surface area (Å²) in [5.74, 6) is 0.239. The Morgan fingerprint density at radius 3 is 2.58 bits per heavy atom. The monoisotopic (exact) mass is 200 g/mol. The van der Waals surface area contributed by atoms with Crippen LogP contribution in [-0.4, -0.2) is 10.1 Å². The normalized spacial score (nSPS) is 9.33. The molecule has 2 nitrogen and oxygen atoms in total. The molecule has 2 rings (SSSR count). The van der Waals surface area contributed by atoms with Crippen LogP contribution in [0.5, 0.6) is 5.75 Å². The summed E-state index contributed by atoms with van der Waals surface area (Å²) >= 11 is 0. The second-order valence-corrected chi connectivity index (χ2v) is 2.35. The van der Waals surface area contributed by atoms with E-state index < -0.39 is 0 Å². The summed E-state index contributed by atoms with van der Waals surface area (Å²) in [5, 5.41) is 10.3. The molecule has 0 bridgehead atoms. The van der Waals surface area contributed by atoms with Gasteiger partial charge in [-0.05, 0) is 12.1 Å². The summed E-state index contributed by atoms with van der Waals surface area (Å²) in [4.78, 5) is 4.03. The van der Waals surface area contributed by atoms with Crippen molar-refractivity contribution in [1.82, 2.24) is 4.98 Å². The fraction of sp³-hybridized carbons (Fsp3) is 0. The number of para-hydroxylation sites is 1. The number of pyridine rings is 1. The molecule has 1 aromatic carbocycles. The second kappa shape index (κ2) is 3.57. The number of nitrogens with zero attached hydrogens (tertiary/aromatic N) is 1. The van der Waals surface area contributed by atoms with E-state index in [9.17, 15) is 5.11 Å². The molecule has 0 spiro atoms. The summed E-state index contributed by atoms with van der Waals surface area (Å²) in [6.45, 7) is 0. The summed E-state index contributed by atoms with van der Waals surface area (Å²) in [5.41, 5.74) is 0.662. The van der Waals surface area contributed by atoms with Crippen molar-refractivity contribution in [3.63, 3.8) is 0 Å². The minimum Gasteiger partial charge on any atom is -0.506 e. The Hall–Kier alpha value is -1.05. The molecule has 0 amide bonds. The number of aromatic nitrogens is 1. The van der Waals surface area contributed by atoms with Crippen LogP contribution in [0.2, 0.25) is 0 Å². The molecule has 1 heterocycles. The summed E-state index contributed by atoms with van der Waals surface area (Å²) in [7, 11) is 0. The Morgan fingerprint density at radius 2 is 1.83 bits per heavy atom. The maximum absolute atomic E-state index is 9.31. The largest absolute Gasteiger partial charge is 2.00 e. The number of hydrogen-bond donors (Lipinski definition) is 1. The Kier molecular flexibility index (Phi) is 2.69. The zero-order valence-corrected chi connectivity index (χ0v) is 7.42. The summed E-state index contributed by atoms with van der Waals surface area (Å²) < 4.78 is 0. The molecule has 3 heteroatoms. The predicted octanol–water partition coefficient (Wildman–Crippen LogP) is 1.94. The quantitative estimate of drug-likeness (QED) is 0.659. The van der Waals surface area contributed by atoms with Crippen molar-refractivity contribution in [1.29, 1.82) is 0 Å². The van der Waals surface area contributed by atoms with Crippen molar-refractivity contribution in [2.45, 2.75) is 0 Å². The number of aromatic hydroxyl groups is 1. The molecule has 2 aromatic rings. The molecule has 0 saturated heterocycles. The zero-order chi connectivity index (χ0) is 7.68. The minimum absolute atomic E-state index is 0. The van der Waals surface area contributed by atoms with E-state index in [-0.39, 0.29) is 22.8 Å². The van der Waals surface area contributed by atoms with Crippen LogP contribution >= 0.6 is 0 Å². The van der Waals surface area contributed by atoms with E-state index in [4.69, 9.17) is 0 Å². The van der Waals surface area contributed by atoms with Gasteiger partial charge in [0, 0.05) is 11.6 Å². The molecule has 0 atom stereocenters. The van der Waals surface area contributed by atoms with E-state index in [1.54, 1.807) is 18.3 Å². The van der Waals surface area contributed by atoms with Crippen LogP contribution in [0.3, 0.4) is 0 Å². The first kappa shape index (κ1) is 9.04. The number of fused-ring (bicyclic) bond motifs is 1. The van der Waals surface area contributed by atoms with E-state index in [0.29, 0.717) is 5.52 Å². The van der Waals surface area contributed by atoms with Crippen molar-refractivity contribution in [3.8, 4) is 5.75 Å². The molecule has 1 N–H and O–H groups in total. The van der Waals surface area contributed by atoms with E-state index in [1.165, 1.54) is 0 Å². The van der Waals surface area contributed by atoms with Crippen molar-refractivity contribution < 1.29 is 22.2 Å². The molecule has 0 unspecified atom stereocenters. The van der Waals surface area contributed by atoms with E-state index in [0.717, 1.165) is 5.39 Å². The third kappa shape index (κ3) is 1.42. The molecule has 1 radical (unpaired) electrons. The summed E-state index contributed by atoms with van der Waals surface area (Å²) in [6.07, 6.45) is 1.67. The average Bonchev–Trinajstić information content (AvgIpc) is 2.06. The first-order chi connectivity index (χ1) is 5.38. The van der Waals surface area contributed by atoms with Crippen molar-refractivity contribution in [2.24, 2.45) is 0 Å². The van der Waals surface area contributed by atoms with E-state index >= 15 is 0 Å². The standard InChI is InChI=1S/C9H7NO.Mn/c11-8-5-1-3-7-4-2-6-10-9(7)8;/h1-6,11H;/q;+2. The number of rotatable bonds is 0. The third-order valence-corrected chi connectivity index (χ3v) is 1.61. The van der Waals surface area contributed by atoms with Crippen LogP contribution in [0, 0.1) is 0 Å². The molecule has 0 fully saturated rings. The van der Waals surface area contributed by atoms with Gasteiger partial charge in [0.05, 0.1) is 0 Å². The Balaban J connectivity index is 0.000000720. The molecule has 0 aliphatic heterocycles. The molecule has 59 valence electrons. The van der Waals surface area contributed by atoms with Crippen molar-refractivity contribution in [3.05, 3.63) is 36.5 Å². The van der Waals surface area contributed by atoms with Gasteiger partial charge in [-0.1, -0.05) is 18.2 Å². The molecule has 0 saturated carbocycles. The van der Waals surface area contributed by atoms with Crippen LogP contribution in [0.25, 0.3) is 10.9 Å². The maximum atomic E-state index is 9.31. The van der Waals surface area contributed by atoms with Crippen molar-refractivity contribution in [2.75, 3.05) is 0 Å². The maximum Gasteiger partial charge on any atom is 2.00 e. The number of phenols is 1. The Bertz CT molecular complexity index is 384. The SMILES string of the molecule is Oc1cccc2cccnc12.[Mn+2]. The van der Waals surface area contributed by atoms with Gasteiger partial charge >= 0.3 is 17.1 Å². The smallest absolute Gasteiger partial charge is 0.506 e. The van der Waals surface area contributed by atoms with Gasteiger partial charge in [-0.3, -0.25) is 4.98 Å². The van der Waals surface area contributed by atoms with Gasteiger partial charge in [0.25, 0.3) is 0 Å². The van der Waals surface area contributed by atoms with Gasteiger partial charge in [-0.25, -0.2) is 0 Å². The number of hydrogen-bond acceptors (Lipinski definition) is 2. The first-order valence-corrected chi connectivity index (χ1v) is 3.40. The van der Waals surface area contributed by atoms with Crippen LogP contribution in [0.4, 0.5) is 0 Å². The van der Waals surface area contributed by atoms with Crippen molar-refractivity contribution >= 4 is 10.9 Å². The second-order valence-electron chi connectivity index (χ2n) is 2.35. The van der Waals surface area contributed by atoms with Gasteiger partial charge in [0.1, 0.15) is 11.3 Å². The molecule has 1 aromatic heterocycles. The minimum atomic E-state index is 0. The molecule has 0 aliphatic rings. The molecule has 0 aliphatic carbocycles. The third-order valence-electron chi connectivity index (χ3n) is 1.61. The Morgan fingerprint density at radius 1 is 1.08 bits per heavy atom. The fourth-order valence-electron chi connectivity index (χ4n) is 1.09. The van der Waals surface area contributed by atoms with Crippen LogP contribution in [0.1, 0.15) is 0 Å². The van der Waals surface area contributed by atoms with Gasteiger partial charge in [0.15, 0.2) is 0 Å². The van der Waals surface area contributed by atoms with Gasteiger partial charge in [0.2, 0.25) is 0 Å². The van der Waals surface area contributed by atoms with E-state index in [1.807, 2.05) is 18.2 Å². The van der Waals surface area contributed by atoms with Gasteiger partial charge in [-0.15, -0.1) is 0 Å². The Labute approximate surface area is 80.7 Å². The fourth-order valence-corrected chi connectivity index (χ4v) is 1.09. The topological polar surface area (TPSA) is 33.1 Å². The molecule has 12 heavy (non-hydrogen) atoms. The first-order valence-electron chi connectivity index (χ1n) is 3.40. The van der Waals surface area contributed by atoms with Gasteiger partial charge in [-0.2, -0.15) is 0 Å². The van der Waals surface area contributed by atoms with Gasteiger partial charge < -0.3 is 5.11 Å². The molecular formula is C9H7MnNO+2. The van der Waals surface area contributed by atoms with Crippen LogP contribution < -0.4 is 0 Å². The van der Waals surface area contributed by atoms with E-state index in [2.05, 4.69) is 4.98 Å². The molecular weight excluding hydrogens is 193 g/mol. The predicted molar refractivity (Wildman–Crippen MR) is 43.4 cm³/mol. The number of phenolic OH excluding ortho intramolecular Hbond substituents is 1. The van der Waals surface area contributed by atoms with Crippen LogP contribution in [-0.2, 0) is 17.1 Å². The summed E-state index contributed by atoms with van der Waals surface area (Å²) in [6, 6.07) is 9.13.